The third-order valence-electron chi connectivity index (χ3n) is 5.52. The van der Waals surface area contributed by atoms with Crippen LogP contribution in [0.2, 0.25) is 0 Å². The molecule has 164 valence electrons. The van der Waals surface area contributed by atoms with Crippen LogP contribution in [0.4, 0.5) is 13.2 Å². The summed E-state index contributed by atoms with van der Waals surface area (Å²) in [5.74, 6) is -3.46. The van der Waals surface area contributed by atoms with Gasteiger partial charge in [-0.05, 0) is 42.8 Å². The molecule has 1 aliphatic heterocycles. The number of rotatable bonds is 3. The quantitative estimate of drug-likeness (QED) is 0.488. The van der Waals surface area contributed by atoms with Gasteiger partial charge < -0.3 is 13.9 Å². The first-order valence-corrected chi connectivity index (χ1v) is 9.98. The predicted molar refractivity (Wildman–Crippen MR) is 108 cm³/mol. The molecule has 0 atom stereocenters. The molecule has 2 aromatic heterocycles. The zero-order valence-corrected chi connectivity index (χ0v) is 16.7. The fourth-order valence-electron chi connectivity index (χ4n) is 3.90. The van der Waals surface area contributed by atoms with Gasteiger partial charge in [-0.1, -0.05) is 0 Å². The smallest absolute Gasteiger partial charge is 0.408 e. The average molecular weight is 442 g/mol. The van der Waals surface area contributed by atoms with E-state index < -0.39 is 29.8 Å². The van der Waals surface area contributed by atoms with Crippen LogP contribution in [0.25, 0.3) is 22.4 Å². The molecule has 2 aromatic carbocycles. The van der Waals surface area contributed by atoms with E-state index in [2.05, 4.69) is 4.98 Å². The molecule has 1 amide bonds. The summed E-state index contributed by atoms with van der Waals surface area (Å²) < 4.78 is 48.8. The van der Waals surface area contributed by atoms with E-state index in [9.17, 15) is 22.8 Å². The summed E-state index contributed by atoms with van der Waals surface area (Å²) >= 11 is 0. The van der Waals surface area contributed by atoms with Crippen LogP contribution in [0, 0.1) is 17.5 Å². The first kappa shape index (κ1) is 20.1. The second-order valence-corrected chi connectivity index (χ2v) is 7.57. The fourth-order valence-corrected chi connectivity index (χ4v) is 3.90. The zero-order chi connectivity index (χ0) is 22.4. The van der Waals surface area contributed by atoms with E-state index in [0.29, 0.717) is 31.0 Å². The third kappa shape index (κ3) is 3.47. The fraction of sp³-hybridized carbons (Fsp3) is 0.227. The molecule has 32 heavy (non-hydrogen) atoms. The van der Waals surface area contributed by atoms with Crippen molar-refractivity contribution >= 4 is 17.0 Å². The Bertz CT molecular complexity index is 1390. The van der Waals surface area contributed by atoms with Crippen LogP contribution in [0.15, 0.2) is 51.8 Å². The molecule has 1 aliphatic rings. The highest BCUT2D eigenvalue weighted by molar-refractivity contribution is 5.80. The lowest BCUT2D eigenvalue weighted by Gasteiger charge is -2.19. The van der Waals surface area contributed by atoms with Gasteiger partial charge in [0.1, 0.15) is 23.7 Å². The molecule has 0 saturated carbocycles. The lowest BCUT2D eigenvalue weighted by molar-refractivity contribution is -0.132. The number of carbonyl (C=O) groups excluding carboxylic acids is 1. The molecule has 4 aromatic rings. The van der Waals surface area contributed by atoms with E-state index in [1.807, 2.05) is 10.8 Å². The van der Waals surface area contributed by atoms with Crippen LogP contribution in [-0.2, 0) is 24.4 Å². The Labute approximate surface area is 179 Å². The lowest BCUT2D eigenvalue weighted by atomic mass is 10.2. The molecular weight excluding hydrogens is 425 g/mol. The zero-order valence-electron chi connectivity index (χ0n) is 16.7. The number of imidazole rings is 1. The molecule has 0 spiro atoms. The van der Waals surface area contributed by atoms with E-state index in [1.165, 1.54) is 17.0 Å². The number of aryl methyl sites for hydroxylation is 1. The standard InChI is InChI=1S/C22H17F3N4O3/c23-14-4-2-13(3-5-14)16-10-27-8-1-9-28(11-18(27)26-16)19(30)12-29-21-17(32-22(29)31)7-6-15(24)20(21)25/h2-7,10H,1,8-9,11-12H2. The van der Waals surface area contributed by atoms with Crippen molar-refractivity contribution in [3.05, 3.63) is 76.4 Å². The van der Waals surface area contributed by atoms with Crippen LogP contribution in [0.1, 0.15) is 12.2 Å². The van der Waals surface area contributed by atoms with Crippen molar-refractivity contribution in [1.82, 2.24) is 19.0 Å². The van der Waals surface area contributed by atoms with Crippen molar-refractivity contribution in [3.63, 3.8) is 0 Å². The predicted octanol–water partition coefficient (Wildman–Crippen LogP) is 3.31. The van der Waals surface area contributed by atoms with Gasteiger partial charge in [0.2, 0.25) is 5.91 Å². The van der Waals surface area contributed by atoms with Crippen molar-refractivity contribution in [1.29, 1.82) is 0 Å². The van der Waals surface area contributed by atoms with Crippen molar-refractivity contribution in [3.8, 4) is 11.3 Å². The molecule has 0 bridgehead atoms. The van der Waals surface area contributed by atoms with Gasteiger partial charge in [0.15, 0.2) is 17.2 Å². The number of halogens is 3. The highest BCUT2D eigenvalue weighted by Crippen LogP contribution is 2.23. The molecule has 0 aliphatic carbocycles. The Balaban J connectivity index is 1.41. The number of carbonyl (C=O) groups is 1. The van der Waals surface area contributed by atoms with Gasteiger partial charge >= 0.3 is 5.76 Å². The Morgan fingerprint density at radius 1 is 1.06 bits per heavy atom. The van der Waals surface area contributed by atoms with Crippen LogP contribution in [0.3, 0.4) is 0 Å². The van der Waals surface area contributed by atoms with Crippen molar-refractivity contribution in [2.24, 2.45) is 0 Å². The summed E-state index contributed by atoms with van der Waals surface area (Å²) in [6.45, 7) is 0.732. The maximum Gasteiger partial charge on any atom is 0.420 e. The minimum Gasteiger partial charge on any atom is -0.408 e. The van der Waals surface area contributed by atoms with E-state index in [4.69, 9.17) is 4.42 Å². The van der Waals surface area contributed by atoms with E-state index >= 15 is 0 Å². The second-order valence-electron chi connectivity index (χ2n) is 7.57. The van der Waals surface area contributed by atoms with E-state index in [0.717, 1.165) is 22.3 Å². The Morgan fingerprint density at radius 2 is 1.84 bits per heavy atom. The Morgan fingerprint density at radius 3 is 2.62 bits per heavy atom. The van der Waals surface area contributed by atoms with E-state index in [-0.39, 0.29) is 23.5 Å². The normalized spacial score (nSPS) is 13.9. The van der Waals surface area contributed by atoms with Crippen molar-refractivity contribution < 1.29 is 22.4 Å². The molecule has 0 saturated heterocycles. The molecular formula is C22H17F3N4O3. The minimum atomic E-state index is -1.24. The monoisotopic (exact) mass is 442 g/mol. The van der Waals surface area contributed by atoms with Crippen LogP contribution >= 0.6 is 0 Å². The van der Waals surface area contributed by atoms with Crippen molar-refractivity contribution in [2.75, 3.05) is 6.54 Å². The molecule has 7 nitrogen and oxygen atoms in total. The number of hydrogen-bond donors (Lipinski definition) is 0. The van der Waals surface area contributed by atoms with Crippen LogP contribution in [-0.4, -0.2) is 31.5 Å². The number of fused-ring (bicyclic) bond motifs is 2. The molecule has 0 N–H and O–H groups in total. The summed E-state index contributed by atoms with van der Waals surface area (Å²) in [5, 5.41) is 0. The largest absolute Gasteiger partial charge is 0.420 e. The molecule has 0 radical (unpaired) electrons. The molecule has 3 heterocycles. The summed E-state index contributed by atoms with van der Waals surface area (Å²) in [6.07, 6.45) is 2.49. The van der Waals surface area contributed by atoms with Gasteiger partial charge in [0.25, 0.3) is 0 Å². The Kier molecular flexibility index (Phi) is 4.84. The molecule has 10 heteroatoms. The number of amides is 1. The van der Waals surface area contributed by atoms with Crippen LogP contribution < -0.4 is 5.76 Å². The lowest BCUT2D eigenvalue weighted by Crippen LogP contribution is -2.35. The third-order valence-corrected chi connectivity index (χ3v) is 5.52. The van der Waals surface area contributed by atoms with Gasteiger partial charge in [0, 0.05) is 24.8 Å². The average Bonchev–Trinajstić information content (AvgIpc) is 3.24. The summed E-state index contributed by atoms with van der Waals surface area (Å²) in [7, 11) is 0. The van der Waals surface area contributed by atoms with Gasteiger partial charge in [-0.2, -0.15) is 0 Å². The van der Waals surface area contributed by atoms with Gasteiger partial charge in [-0.15, -0.1) is 0 Å². The number of hydrogen-bond acceptors (Lipinski definition) is 4. The molecule has 0 fully saturated rings. The first-order chi connectivity index (χ1) is 15.4. The topological polar surface area (TPSA) is 73.3 Å². The highest BCUT2D eigenvalue weighted by Gasteiger charge is 2.24. The summed E-state index contributed by atoms with van der Waals surface area (Å²) in [6, 6.07) is 7.97. The SMILES string of the molecule is O=C(Cn1c(=O)oc2ccc(F)c(F)c21)N1CCCn2cc(-c3ccc(F)cc3)nc2C1. The van der Waals surface area contributed by atoms with Gasteiger partial charge in [-0.25, -0.2) is 22.9 Å². The molecule has 5 rings (SSSR count). The summed E-state index contributed by atoms with van der Waals surface area (Å²) in [5.41, 5.74) is 0.901. The number of benzene rings is 2. The number of aromatic nitrogens is 3. The van der Waals surface area contributed by atoms with Gasteiger partial charge in [-0.3, -0.25) is 9.36 Å². The Hall–Kier alpha value is -3.82. The van der Waals surface area contributed by atoms with E-state index in [1.54, 1.807) is 12.1 Å². The minimum absolute atomic E-state index is 0.128. The first-order valence-electron chi connectivity index (χ1n) is 9.98. The summed E-state index contributed by atoms with van der Waals surface area (Å²) in [4.78, 5) is 31.2. The maximum absolute atomic E-state index is 14.3. The van der Waals surface area contributed by atoms with Crippen LogP contribution in [0.5, 0.6) is 0 Å². The van der Waals surface area contributed by atoms with Gasteiger partial charge in [0.05, 0.1) is 12.2 Å². The number of nitrogens with zero attached hydrogens (tertiary/aromatic N) is 4. The molecule has 0 unspecified atom stereocenters. The number of oxazole rings is 1. The maximum atomic E-state index is 14.3. The second kappa shape index (κ2) is 7.70. The highest BCUT2D eigenvalue weighted by atomic mass is 19.2. The van der Waals surface area contributed by atoms with Crippen molar-refractivity contribution in [2.45, 2.75) is 26.1 Å².